The number of aromatic amines is 2. The third-order valence-corrected chi connectivity index (χ3v) is 22.8. The molecule has 0 spiro atoms. The van der Waals surface area contributed by atoms with Crippen LogP contribution in [0.3, 0.4) is 0 Å². The number of unbranched alkanes of at least 4 members (excludes halogenated alkanes) is 56. The fraction of sp³-hybridized carbons (Fsp3) is 0.800. The van der Waals surface area contributed by atoms with E-state index in [4.69, 9.17) is 47.9 Å². The summed E-state index contributed by atoms with van der Waals surface area (Å²) in [4.78, 5) is 19.4. The Bertz CT molecular complexity index is 2790. The first-order valence-corrected chi connectivity index (χ1v) is 48.8. The van der Waals surface area contributed by atoms with Crippen LogP contribution in [-0.4, -0.2) is 72.8 Å². The molecule has 0 aromatic carbocycles. The van der Waals surface area contributed by atoms with Gasteiger partial charge in [0.1, 0.15) is 22.8 Å². The van der Waals surface area contributed by atoms with Crippen LogP contribution in [0.5, 0.6) is 23.0 Å². The molecule has 12 heteroatoms. The van der Waals surface area contributed by atoms with Gasteiger partial charge in [0, 0.05) is 0 Å². The molecule has 0 unspecified atom stereocenters. The molecule has 0 aliphatic carbocycles. The van der Waals surface area contributed by atoms with E-state index < -0.39 is 0 Å². The van der Waals surface area contributed by atoms with E-state index in [2.05, 4.69) is 89.6 Å². The van der Waals surface area contributed by atoms with Gasteiger partial charge >= 0.3 is 0 Å². The molecular weight excluding hydrogens is 1390 g/mol. The highest BCUT2D eigenvalue weighted by atomic mass is 16.5. The van der Waals surface area contributed by atoms with Gasteiger partial charge in [-0.25, -0.2) is 9.97 Å². The van der Waals surface area contributed by atoms with Crippen LogP contribution >= 0.6 is 0 Å². The predicted molar refractivity (Wildman–Crippen MR) is 481 cm³/mol. The highest BCUT2D eigenvalue weighted by Crippen LogP contribution is 2.45. The lowest BCUT2D eigenvalue weighted by Crippen LogP contribution is -2.02. The van der Waals surface area contributed by atoms with Crippen molar-refractivity contribution in [3.05, 3.63) is 47.0 Å². The Kier molecular flexibility index (Phi) is 59.3. The number of hydrogen-bond donors (Lipinski definition) is 2. The molecule has 3 aromatic rings. The standard InChI is InChI=1S/C100H174N4O8/c1-9-17-25-33-41-49-57-65-73-105-93-85-81-87-95(107-75-67-59-51-43-35-27-19-11-3)97(109-77-69-61-53-45-37-29-21-13-5)89(102-87)83-91-99(111-79-71-63-55-47-39-31-23-15-7)100(112-80-72-64-56-48-40-32-24-16-8)92(104-91)84-90-98(110-78-70-62-54-46-38-30-22-14-6)96(108-76-68-60-52-44-36-28-20-12-4)88(103-90)82-86(101-85)94(93)106-74-66-58-50-42-34-26-18-10-2/h81-84,101-102H,9-80H2,1-8H3. The van der Waals surface area contributed by atoms with Gasteiger partial charge in [0.15, 0.2) is 46.0 Å². The third kappa shape index (κ3) is 42.7. The predicted octanol–water partition coefficient (Wildman–Crippen LogP) is 32.7. The number of nitrogens with zero attached hydrogens (tertiary/aromatic N) is 2. The van der Waals surface area contributed by atoms with Gasteiger partial charge in [0.2, 0.25) is 0 Å². The summed E-state index contributed by atoms with van der Waals surface area (Å²) in [6.07, 6.45) is 77.4. The van der Waals surface area contributed by atoms with Gasteiger partial charge in [-0.15, -0.1) is 0 Å². The van der Waals surface area contributed by atoms with Gasteiger partial charge < -0.3 is 47.9 Å². The fourth-order valence-electron chi connectivity index (χ4n) is 15.7. The summed E-state index contributed by atoms with van der Waals surface area (Å²) in [7, 11) is 0. The minimum atomic E-state index is 0.544. The lowest BCUT2D eigenvalue weighted by atomic mass is 10.1. The quantitative estimate of drug-likeness (QED) is 0.0527. The van der Waals surface area contributed by atoms with Gasteiger partial charge in [-0.1, -0.05) is 415 Å². The van der Waals surface area contributed by atoms with Crippen LogP contribution in [0.15, 0.2) is 24.3 Å². The average molecular weight is 1560 g/mol. The summed E-state index contributed by atoms with van der Waals surface area (Å²) in [5.74, 6) is 5.42. The van der Waals surface area contributed by atoms with Gasteiger partial charge in [0.05, 0.1) is 74.9 Å². The number of H-pyrrole nitrogens is 2. The Balaban J connectivity index is 1.87. The van der Waals surface area contributed by atoms with Crippen molar-refractivity contribution in [2.75, 3.05) is 52.9 Å². The molecule has 0 atom stereocenters. The summed E-state index contributed by atoms with van der Waals surface area (Å²) in [6.45, 7) is 22.8. The third-order valence-electron chi connectivity index (χ3n) is 22.8. The molecule has 2 aliphatic rings. The maximum atomic E-state index is 7.27. The topological polar surface area (TPSA) is 131 Å². The first kappa shape index (κ1) is 97.6. The van der Waals surface area contributed by atoms with E-state index in [9.17, 15) is 0 Å². The highest BCUT2D eigenvalue weighted by Gasteiger charge is 2.30. The Morgan fingerprint density at radius 3 is 0.491 bits per heavy atom. The van der Waals surface area contributed by atoms with Gasteiger partial charge in [0.25, 0.3) is 0 Å². The molecule has 112 heavy (non-hydrogen) atoms. The highest BCUT2D eigenvalue weighted by molar-refractivity contribution is 5.92. The zero-order chi connectivity index (χ0) is 79.5. The van der Waals surface area contributed by atoms with Crippen LogP contribution in [0.25, 0.3) is 45.1 Å². The lowest BCUT2D eigenvalue weighted by molar-refractivity contribution is 0.234. The molecule has 0 saturated carbocycles. The Morgan fingerprint density at radius 1 is 0.170 bits per heavy atom. The Morgan fingerprint density at radius 2 is 0.312 bits per heavy atom. The lowest BCUT2D eigenvalue weighted by Gasteiger charge is -2.13. The van der Waals surface area contributed by atoms with Crippen LogP contribution in [-0.2, 0) is 18.9 Å². The summed E-state index contributed by atoms with van der Waals surface area (Å²) < 4.78 is 58.1. The van der Waals surface area contributed by atoms with E-state index in [-0.39, 0.29) is 0 Å². The maximum Gasteiger partial charge on any atom is 0.189 e. The number of aromatic nitrogens is 4. The molecule has 642 valence electrons. The second-order valence-electron chi connectivity index (χ2n) is 33.5. The first-order chi connectivity index (χ1) is 55.5. The van der Waals surface area contributed by atoms with Crippen molar-refractivity contribution in [2.24, 2.45) is 0 Å². The van der Waals surface area contributed by atoms with Crippen LogP contribution in [0.2, 0.25) is 0 Å². The van der Waals surface area contributed by atoms with Crippen molar-refractivity contribution in [1.29, 1.82) is 0 Å². The smallest absolute Gasteiger partial charge is 0.189 e. The molecule has 5 heterocycles. The number of nitrogens with one attached hydrogen (secondary N) is 2. The van der Waals surface area contributed by atoms with E-state index in [0.29, 0.717) is 122 Å². The van der Waals surface area contributed by atoms with Crippen LogP contribution in [0, 0.1) is 0 Å². The monoisotopic (exact) mass is 1560 g/mol. The normalized spacial score (nSPS) is 12.3. The molecule has 2 N–H and O–H groups in total. The zero-order valence-electron chi connectivity index (χ0n) is 74.4. The van der Waals surface area contributed by atoms with Crippen molar-refractivity contribution in [3.8, 4) is 23.0 Å². The van der Waals surface area contributed by atoms with Crippen LogP contribution in [0.1, 0.15) is 489 Å². The van der Waals surface area contributed by atoms with Gasteiger partial charge in [-0.3, -0.25) is 0 Å². The van der Waals surface area contributed by atoms with E-state index in [1.807, 2.05) is 0 Å². The molecule has 8 bridgehead atoms. The van der Waals surface area contributed by atoms with Gasteiger partial charge in [-0.05, 0) is 75.6 Å². The minimum absolute atomic E-state index is 0.544. The van der Waals surface area contributed by atoms with E-state index in [1.165, 1.54) is 308 Å². The second kappa shape index (κ2) is 68.1. The second-order valence-corrected chi connectivity index (χ2v) is 33.5. The summed E-state index contributed by atoms with van der Waals surface area (Å²) in [5, 5.41) is 0. The molecule has 2 aliphatic heterocycles. The maximum absolute atomic E-state index is 7.27. The number of fused-ring (bicyclic) bond motifs is 8. The number of hydrogen-bond acceptors (Lipinski definition) is 10. The average Bonchev–Trinajstić information content (AvgIpc) is 1.61. The Hall–Kier alpha value is -5.00. The zero-order valence-corrected chi connectivity index (χ0v) is 74.4. The molecule has 0 amide bonds. The molecule has 0 radical (unpaired) electrons. The molecule has 0 saturated heterocycles. The molecule has 0 fully saturated rings. The van der Waals surface area contributed by atoms with E-state index in [0.717, 1.165) is 125 Å². The summed E-state index contributed by atoms with van der Waals surface area (Å²) in [6, 6.07) is 8.64. The fourth-order valence-corrected chi connectivity index (χ4v) is 15.7. The largest absolute Gasteiger partial charge is 0.488 e. The number of rotatable bonds is 80. The first-order valence-electron chi connectivity index (χ1n) is 48.8. The van der Waals surface area contributed by atoms with Crippen molar-refractivity contribution in [2.45, 2.75) is 466 Å². The molecular formula is C100H174N4O8. The van der Waals surface area contributed by atoms with Crippen molar-refractivity contribution < 1.29 is 37.9 Å². The van der Waals surface area contributed by atoms with Crippen molar-refractivity contribution in [1.82, 2.24) is 19.9 Å². The molecule has 3 aromatic heterocycles. The number of ether oxygens (including phenoxy) is 8. The summed E-state index contributed by atoms with van der Waals surface area (Å²) >= 11 is 0. The van der Waals surface area contributed by atoms with Crippen LogP contribution in [0.4, 0.5) is 0 Å². The van der Waals surface area contributed by atoms with Crippen molar-refractivity contribution in [3.63, 3.8) is 0 Å². The van der Waals surface area contributed by atoms with Crippen molar-refractivity contribution >= 4 is 45.1 Å². The Labute approximate surface area is 688 Å². The summed E-state index contributed by atoms with van der Waals surface area (Å²) in [5.41, 5.74) is 5.86. The van der Waals surface area contributed by atoms with Crippen LogP contribution < -0.4 is 18.9 Å². The molecule has 12 nitrogen and oxygen atoms in total. The SMILES string of the molecule is CCCCCCCCCCOC1=C(OCCCCCCCCCC)c2cc3[nH]c(cc4[nH]c(cc5nc(cc1n2)C(OCCCCCCCCCC)=C5OCCCCCCCCCC)c(OCCCCCCCCCC)c4OCCCCCCCCCC)c(OCCCCCCCCCC)c3OCCCCCCCCCC. The minimum Gasteiger partial charge on any atom is -0.488 e. The molecule has 5 rings (SSSR count). The van der Waals surface area contributed by atoms with E-state index in [1.54, 1.807) is 0 Å². The van der Waals surface area contributed by atoms with Gasteiger partial charge in [-0.2, -0.15) is 0 Å². The van der Waals surface area contributed by atoms with E-state index >= 15 is 0 Å².